The molecule has 1 aromatic rings. The van der Waals surface area contributed by atoms with Crippen LogP contribution < -0.4 is 10.5 Å². The number of esters is 1. The highest BCUT2D eigenvalue weighted by atomic mass is 79.9. The Kier molecular flexibility index (Phi) is 4.54. The number of benzene rings is 1. The van der Waals surface area contributed by atoms with Crippen LogP contribution in [-0.4, -0.2) is 19.2 Å². The van der Waals surface area contributed by atoms with Gasteiger partial charge in [0.05, 0.1) is 16.8 Å². The second-order valence-corrected chi connectivity index (χ2v) is 3.75. The van der Waals surface area contributed by atoms with E-state index in [9.17, 15) is 9.18 Å². The van der Waals surface area contributed by atoms with E-state index in [0.717, 1.165) is 6.07 Å². The molecule has 0 spiro atoms. The van der Waals surface area contributed by atoms with Crippen LogP contribution in [-0.2, 0) is 9.53 Å². The van der Waals surface area contributed by atoms with Gasteiger partial charge in [-0.2, -0.15) is 0 Å². The van der Waals surface area contributed by atoms with Crippen LogP contribution in [0.2, 0.25) is 0 Å². The summed E-state index contributed by atoms with van der Waals surface area (Å²) < 4.78 is 23.1. The monoisotopic (exact) mass is 291 g/mol. The van der Waals surface area contributed by atoms with Gasteiger partial charge in [0.1, 0.15) is 11.6 Å². The summed E-state index contributed by atoms with van der Waals surface area (Å²) in [5, 5.41) is 0. The van der Waals surface area contributed by atoms with E-state index in [0.29, 0.717) is 0 Å². The minimum absolute atomic E-state index is 0.119. The molecule has 16 heavy (non-hydrogen) atoms. The van der Waals surface area contributed by atoms with E-state index in [1.165, 1.54) is 6.07 Å². The summed E-state index contributed by atoms with van der Waals surface area (Å²) in [5.41, 5.74) is 5.82. The van der Waals surface area contributed by atoms with Gasteiger partial charge in [-0.3, -0.25) is 0 Å². The quantitative estimate of drug-likeness (QED) is 0.682. The van der Waals surface area contributed by atoms with Crippen molar-refractivity contribution in [2.24, 2.45) is 0 Å². The van der Waals surface area contributed by atoms with Crippen LogP contribution >= 0.6 is 15.9 Å². The Morgan fingerprint density at radius 3 is 2.88 bits per heavy atom. The lowest BCUT2D eigenvalue weighted by atomic mass is 10.3. The Morgan fingerprint density at radius 2 is 2.25 bits per heavy atom. The number of hydrogen-bond donors (Lipinski definition) is 1. The summed E-state index contributed by atoms with van der Waals surface area (Å²) in [6.07, 6.45) is 0. The van der Waals surface area contributed by atoms with E-state index in [1.807, 2.05) is 0 Å². The molecule has 0 saturated carbocycles. The van der Waals surface area contributed by atoms with Gasteiger partial charge in [-0.15, -0.1) is 0 Å². The number of rotatable bonds is 4. The molecule has 0 saturated heterocycles. The molecular formula is C10H11BrFNO3. The fourth-order valence-electron chi connectivity index (χ4n) is 1.01. The molecule has 0 aromatic heterocycles. The first-order chi connectivity index (χ1) is 7.54. The van der Waals surface area contributed by atoms with Gasteiger partial charge in [0, 0.05) is 6.07 Å². The molecule has 1 rings (SSSR count). The fourth-order valence-corrected chi connectivity index (χ4v) is 1.37. The van der Waals surface area contributed by atoms with Crippen LogP contribution in [0.15, 0.2) is 16.6 Å². The van der Waals surface area contributed by atoms with Gasteiger partial charge >= 0.3 is 5.97 Å². The van der Waals surface area contributed by atoms with Crippen LogP contribution in [0, 0.1) is 5.82 Å². The molecule has 4 nitrogen and oxygen atoms in total. The summed E-state index contributed by atoms with van der Waals surface area (Å²) in [6.45, 7) is 1.66. The largest absolute Gasteiger partial charge is 0.480 e. The van der Waals surface area contributed by atoms with Crippen LogP contribution in [0.4, 0.5) is 10.1 Å². The number of hydrogen-bond acceptors (Lipinski definition) is 4. The van der Waals surface area contributed by atoms with Crippen molar-refractivity contribution in [2.45, 2.75) is 6.92 Å². The smallest absolute Gasteiger partial charge is 0.344 e. The molecule has 0 unspecified atom stereocenters. The highest BCUT2D eigenvalue weighted by Crippen LogP contribution is 2.28. The molecule has 0 heterocycles. The predicted octanol–water partition coefficient (Wildman–Crippen LogP) is 2.11. The van der Waals surface area contributed by atoms with Gasteiger partial charge < -0.3 is 15.2 Å². The van der Waals surface area contributed by atoms with Gasteiger partial charge in [-0.05, 0) is 28.9 Å². The predicted molar refractivity (Wildman–Crippen MR) is 60.6 cm³/mol. The number of carbonyl (C=O) groups is 1. The van der Waals surface area contributed by atoms with Gasteiger partial charge in [-0.25, -0.2) is 9.18 Å². The third-order valence-corrected chi connectivity index (χ3v) is 2.31. The summed E-state index contributed by atoms with van der Waals surface area (Å²) in [4.78, 5) is 11.0. The maximum Gasteiger partial charge on any atom is 0.344 e. The molecule has 0 bridgehead atoms. The Balaban J connectivity index is 2.67. The van der Waals surface area contributed by atoms with Gasteiger partial charge in [0.25, 0.3) is 0 Å². The lowest BCUT2D eigenvalue weighted by Crippen LogP contribution is -2.15. The maximum atomic E-state index is 13.1. The summed E-state index contributed by atoms with van der Waals surface area (Å²) in [7, 11) is 0. The van der Waals surface area contributed by atoms with E-state index < -0.39 is 11.8 Å². The zero-order valence-corrected chi connectivity index (χ0v) is 10.2. The van der Waals surface area contributed by atoms with Gasteiger partial charge in [-0.1, -0.05) is 0 Å². The Morgan fingerprint density at radius 1 is 1.56 bits per heavy atom. The molecule has 0 aliphatic heterocycles. The Bertz CT molecular complexity index is 398. The zero-order chi connectivity index (χ0) is 12.1. The van der Waals surface area contributed by atoms with Crippen molar-refractivity contribution in [1.82, 2.24) is 0 Å². The van der Waals surface area contributed by atoms with Crippen molar-refractivity contribution < 1.29 is 18.7 Å². The molecule has 1 aromatic carbocycles. The first-order valence-electron chi connectivity index (χ1n) is 4.57. The first kappa shape index (κ1) is 12.8. The van der Waals surface area contributed by atoms with Crippen molar-refractivity contribution in [3.63, 3.8) is 0 Å². The van der Waals surface area contributed by atoms with Gasteiger partial charge in [0.15, 0.2) is 6.61 Å². The molecule has 0 aliphatic carbocycles. The minimum atomic E-state index is -0.523. The van der Waals surface area contributed by atoms with Crippen molar-refractivity contribution in [1.29, 1.82) is 0 Å². The second kappa shape index (κ2) is 5.69. The summed E-state index contributed by atoms with van der Waals surface area (Å²) in [6, 6.07) is 2.48. The van der Waals surface area contributed by atoms with Crippen LogP contribution in [0.5, 0.6) is 5.75 Å². The SMILES string of the molecule is CCOC(=O)COc1cc(F)c(Br)cc1N. The minimum Gasteiger partial charge on any atom is -0.480 e. The molecular weight excluding hydrogens is 281 g/mol. The number of carbonyl (C=O) groups excluding carboxylic acids is 1. The Labute approximate surface area is 101 Å². The topological polar surface area (TPSA) is 61.5 Å². The molecule has 2 N–H and O–H groups in total. The summed E-state index contributed by atoms with van der Waals surface area (Å²) in [5.74, 6) is -0.910. The Hall–Kier alpha value is -1.30. The third kappa shape index (κ3) is 3.37. The third-order valence-electron chi connectivity index (χ3n) is 1.70. The second-order valence-electron chi connectivity index (χ2n) is 2.90. The van der Waals surface area contributed by atoms with E-state index in [-0.39, 0.29) is 29.1 Å². The average molecular weight is 292 g/mol. The average Bonchev–Trinajstić information content (AvgIpc) is 2.22. The van der Waals surface area contributed by atoms with E-state index in [4.69, 9.17) is 10.5 Å². The van der Waals surface area contributed by atoms with Crippen molar-refractivity contribution in [3.05, 3.63) is 22.4 Å². The number of ether oxygens (including phenoxy) is 2. The number of anilines is 1. The molecule has 0 atom stereocenters. The maximum absolute atomic E-state index is 13.1. The normalized spacial score (nSPS) is 9.94. The van der Waals surface area contributed by atoms with Crippen LogP contribution in [0.25, 0.3) is 0 Å². The molecule has 0 radical (unpaired) electrons. The number of nitrogens with two attached hydrogens (primary N) is 1. The molecule has 0 amide bonds. The number of nitrogen functional groups attached to an aromatic ring is 1. The lowest BCUT2D eigenvalue weighted by Gasteiger charge is -2.09. The molecule has 0 aliphatic rings. The first-order valence-corrected chi connectivity index (χ1v) is 5.36. The standard InChI is InChI=1S/C10H11BrFNO3/c1-2-15-10(14)5-16-9-4-7(12)6(11)3-8(9)13/h3-4H,2,5,13H2,1H3. The number of halogens is 2. The molecule has 88 valence electrons. The van der Waals surface area contributed by atoms with Crippen LogP contribution in [0.3, 0.4) is 0 Å². The molecule has 6 heteroatoms. The van der Waals surface area contributed by atoms with E-state index in [2.05, 4.69) is 20.7 Å². The highest BCUT2D eigenvalue weighted by Gasteiger charge is 2.09. The highest BCUT2D eigenvalue weighted by molar-refractivity contribution is 9.10. The van der Waals surface area contributed by atoms with Crippen molar-refractivity contribution in [3.8, 4) is 5.75 Å². The van der Waals surface area contributed by atoms with E-state index in [1.54, 1.807) is 6.92 Å². The molecule has 0 fully saturated rings. The van der Waals surface area contributed by atoms with Gasteiger partial charge in [0.2, 0.25) is 0 Å². The lowest BCUT2D eigenvalue weighted by molar-refractivity contribution is -0.145. The van der Waals surface area contributed by atoms with Crippen molar-refractivity contribution >= 4 is 27.6 Å². The summed E-state index contributed by atoms with van der Waals surface area (Å²) >= 11 is 2.98. The van der Waals surface area contributed by atoms with E-state index >= 15 is 0 Å². The van der Waals surface area contributed by atoms with Crippen LogP contribution in [0.1, 0.15) is 6.92 Å². The fraction of sp³-hybridized carbons (Fsp3) is 0.300. The zero-order valence-electron chi connectivity index (χ0n) is 8.63. The van der Waals surface area contributed by atoms with Crippen molar-refractivity contribution in [2.75, 3.05) is 18.9 Å².